The summed E-state index contributed by atoms with van der Waals surface area (Å²) in [6.45, 7) is 2.69. The van der Waals surface area contributed by atoms with Gasteiger partial charge in [0.05, 0.1) is 16.0 Å². The Bertz CT molecular complexity index is 1130. The van der Waals surface area contributed by atoms with E-state index in [9.17, 15) is 19.7 Å². The normalized spacial score (nSPS) is 15.3. The molecule has 30 heavy (non-hydrogen) atoms. The van der Waals surface area contributed by atoms with Crippen LogP contribution >= 0.6 is 0 Å². The first-order valence-electron chi connectivity index (χ1n) is 9.98. The molecule has 0 aliphatic carbocycles. The predicted molar refractivity (Wildman–Crippen MR) is 113 cm³/mol. The maximum Gasteiger partial charge on any atom is 0.326 e. The monoisotopic (exact) mass is 409 g/mol. The van der Waals surface area contributed by atoms with Gasteiger partial charge < -0.3 is 15.2 Å². The van der Waals surface area contributed by atoms with Crippen LogP contribution in [0.1, 0.15) is 29.2 Å². The van der Waals surface area contributed by atoms with Crippen LogP contribution in [-0.2, 0) is 0 Å². The van der Waals surface area contributed by atoms with Gasteiger partial charge in [0.1, 0.15) is 5.56 Å². The highest BCUT2D eigenvalue weighted by Crippen LogP contribution is 2.24. The first kappa shape index (κ1) is 19.8. The average molecular weight is 409 g/mol. The van der Waals surface area contributed by atoms with E-state index in [0.29, 0.717) is 13.1 Å². The van der Waals surface area contributed by atoms with Crippen LogP contribution in [0.2, 0.25) is 0 Å². The van der Waals surface area contributed by atoms with E-state index in [-0.39, 0.29) is 23.0 Å². The topological polar surface area (TPSA) is 113 Å². The zero-order valence-electron chi connectivity index (χ0n) is 16.4. The molecule has 3 aromatic rings. The van der Waals surface area contributed by atoms with Crippen molar-refractivity contribution in [3.8, 4) is 0 Å². The highest BCUT2D eigenvalue weighted by atomic mass is 16.6. The van der Waals surface area contributed by atoms with Gasteiger partial charge in [-0.1, -0.05) is 24.3 Å². The number of amides is 1. The number of carbonyl (C=O) groups excluding carboxylic acids is 1. The molecule has 0 saturated carbocycles. The second kappa shape index (κ2) is 8.50. The molecule has 1 aliphatic heterocycles. The van der Waals surface area contributed by atoms with Crippen LogP contribution in [0, 0.1) is 10.1 Å². The number of likely N-dealkylation sites (tertiary alicyclic amines) is 1. The Morgan fingerprint density at radius 2 is 1.83 bits per heavy atom. The number of H-pyrrole nitrogens is 1. The molecule has 1 amide bonds. The zero-order chi connectivity index (χ0) is 21.1. The Labute approximate surface area is 172 Å². The van der Waals surface area contributed by atoms with E-state index >= 15 is 0 Å². The minimum atomic E-state index is -0.549. The molecule has 0 spiro atoms. The number of nitro benzene ring substituents is 1. The number of hydrogen-bond donors (Lipinski definition) is 2. The van der Waals surface area contributed by atoms with Crippen molar-refractivity contribution in [3.05, 3.63) is 74.7 Å². The largest absolute Gasteiger partial charge is 0.351 e. The molecule has 9 heteroatoms. The fourth-order valence-electron chi connectivity index (χ4n) is 4.09. The van der Waals surface area contributed by atoms with Crippen molar-refractivity contribution in [1.82, 2.24) is 19.8 Å². The Kier molecular flexibility index (Phi) is 5.62. The van der Waals surface area contributed by atoms with E-state index in [1.807, 2.05) is 28.8 Å². The van der Waals surface area contributed by atoms with Crippen LogP contribution in [0.25, 0.3) is 11.0 Å². The van der Waals surface area contributed by atoms with Gasteiger partial charge in [0.2, 0.25) is 0 Å². The van der Waals surface area contributed by atoms with Crippen molar-refractivity contribution in [3.63, 3.8) is 0 Å². The summed E-state index contributed by atoms with van der Waals surface area (Å²) < 4.78 is 1.85. The van der Waals surface area contributed by atoms with Gasteiger partial charge in [0.15, 0.2) is 0 Å². The predicted octanol–water partition coefficient (Wildman–Crippen LogP) is 2.30. The van der Waals surface area contributed by atoms with E-state index in [1.54, 1.807) is 6.07 Å². The number of aromatic amines is 1. The summed E-state index contributed by atoms with van der Waals surface area (Å²) in [4.78, 5) is 40.3. The summed E-state index contributed by atoms with van der Waals surface area (Å²) in [5, 5.41) is 13.8. The number of fused-ring (bicyclic) bond motifs is 1. The summed E-state index contributed by atoms with van der Waals surface area (Å²) >= 11 is 0. The quantitative estimate of drug-likeness (QED) is 0.479. The number of piperidine rings is 1. The van der Waals surface area contributed by atoms with Crippen LogP contribution < -0.4 is 11.0 Å². The van der Waals surface area contributed by atoms with Gasteiger partial charge in [-0.25, -0.2) is 4.79 Å². The van der Waals surface area contributed by atoms with Crippen molar-refractivity contribution >= 4 is 22.6 Å². The summed E-state index contributed by atoms with van der Waals surface area (Å²) in [5.74, 6) is -0.442. The molecule has 0 radical (unpaired) electrons. The number of imidazole rings is 1. The summed E-state index contributed by atoms with van der Waals surface area (Å²) in [7, 11) is 0. The molecule has 1 fully saturated rings. The zero-order valence-corrected chi connectivity index (χ0v) is 16.4. The molecule has 4 rings (SSSR count). The third-order valence-electron chi connectivity index (χ3n) is 5.61. The molecular weight excluding hydrogens is 386 g/mol. The third-order valence-corrected chi connectivity index (χ3v) is 5.61. The van der Waals surface area contributed by atoms with Crippen LogP contribution in [0.5, 0.6) is 0 Å². The first-order chi connectivity index (χ1) is 14.5. The smallest absolute Gasteiger partial charge is 0.326 e. The van der Waals surface area contributed by atoms with Crippen molar-refractivity contribution < 1.29 is 9.72 Å². The molecule has 1 saturated heterocycles. The lowest BCUT2D eigenvalue weighted by Gasteiger charge is -2.32. The summed E-state index contributed by atoms with van der Waals surface area (Å²) in [6, 6.07) is 13.8. The van der Waals surface area contributed by atoms with Crippen molar-refractivity contribution in [2.75, 3.05) is 26.2 Å². The van der Waals surface area contributed by atoms with Crippen LogP contribution in [0.4, 0.5) is 5.69 Å². The first-order valence-corrected chi connectivity index (χ1v) is 9.98. The molecular formula is C21H23N5O4. The molecule has 1 aromatic heterocycles. The van der Waals surface area contributed by atoms with Gasteiger partial charge in [0, 0.05) is 38.3 Å². The van der Waals surface area contributed by atoms with Gasteiger partial charge >= 0.3 is 5.69 Å². The highest BCUT2D eigenvalue weighted by molar-refractivity contribution is 5.98. The maximum atomic E-state index is 12.4. The second-order valence-electron chi connectivity index (χ2n) is 7.42. The van der Waals surface area contributed by atoms with Crippen molar-refractivity contribution in [2.45, 2.75) is 18.9 Å². The van der Waals surface area contributed by atoms with E-state index in [1.165, 1.54) is 18.2 Å². The van der Waals surface area contributed by atoms with Gasteiger partial charge in [-0.2, -0.15) is 0 Å². The average Bonchev–Trinajstić information content (AvgIpc) is 3.10. The van der Waals surface area contributed by atoms with Gasteiger partial charge in [-0.05, 0) is 31.0 Å². The number of aromatic nitrogens is 2. The molecule has 0 bridgehead atoms. The summed E-state index contributed by atoms with van der Waals surface area (Å²) in [5.41, 5.74) is 1.58. The Balaban J connectivity index is 1.31. The number of hydrogen-bond acceptors (Lipinski definition) is 5. The number of rotatable bonds is 6. The second-order valence-corrected chi connectivity index (χ2v) is 7.42. The molecule has 0 unspecified atom stereocenters. The molecule has 0 atom stereocenters. The minimum Gasteiger partial charge on any atom is -0.351 e. The standard InChI is InChI=1S/C21H23N5O4/c27-20(16-5-1-3-7-18(16)26(29)30)22-11-14-24-12-9-15(10-13-24)25-19-8-4-2-6-17(19)23-21(25)28/h1-8,15H,9-14H2,(H,22,27)(H,23,28). The number of benzene rings is 2. The van der Waals surface area contributed by atoms with Gasteiger partial charge in [-0.15, -0.1) is 0 Å². The molecule has 1 aliphatic rings. The number of nitro groups is 1. The van der Waals surface area contributed by atoms with E-state index in [0.717, 1.165) is 37.0 Å². The molecule has 2 N–H and O–H groups in total. The Hall–Kier alpha value is -3.46. The Morgan fingerprint density at radius 1 is 1.13 bits per heavy atom. The highest BCUT2D eigenvalue weighted by Gasteiger charge is 2.24. The minimum absolute atomic E-state index is 0.0694. The third kappa shape index (κ3) is 3.97. The molecule has 2 heterocycles. The number of carbonyl (C=O) groups is 1. The SMILES string of the molecule is O=C(NCCN1CCC(n2c(=O)[nH]c3ccccc32)CC1)c1ccccc1[N+](=O)[O-]. The molecule has 2 aromatic carbocycles. The molecule has 156 valence electrons. The Morgan fingerprint density at radius 3 is 2.60 bits per heavy atom. The van der Waals surface area contributed by atoms with Crippen LogP contribution in [-0.4, -0.2) is 51.5 Å². The molecule has 9 nitrogen and oxygen atoms in total. The van der Waals surface area contributed by atoms with E-state index in [2.05, 4.69) is 15.2 Å². The van der Waals surface area contributed by atoms with Crippen molar-refractivity contribution in [1.29, 1.82) is 0 Å². The lowest BCUT2D eigenvalue weighted by molar-refractivity contribution is -0.385. The van der Waals surface area contributed by atoms with Crippen LogP contribution in [0.15, 0.2) is 53.3 Å². The van der Waals surface area contributed by atoms with E-state index in [4.69, 9.17) is 0 Å². The van der Waals surface area contributed by atoms with E-state index < -0.39 is 10.8 Å². The fourth-order valence-corrected chi connectivity index (χ4v) is 4.09. The number of nitrogens with zero attached hydrogens (tertiary/aromatic N) is 3. The van der Waals surface area contributed by atoms with Crippen LogP contribution in [0.3, 0.4) is 0 Å². The number of nitrogens with one attached hydrogen (secondary N) is 2. The van der Waals surface area contributed by atoms with Crippen molar-refractivity contribution in [2.24, 2.45) is 0 Å². The number of para-hydroxylation sites is 3. The summed E-state index contributed by atoms with van der Waals surface area (Å²) in [6.07, 6.45) is 1.69. The lowest BCUT2D eigenvalue weighted by Crippen LogP contribution is -2.41. The van der Waals surface area contributed by atoms with Gasteiger partial charge in [0.25, 0.3) is 11.6 Å². The fraction of sp³-hybridized carbons (Fsp3) is 0.333. The maximum absolute atomic E-state index is 12.4. The van der Waals surface area contributed by atoms with Gasteiger partial charge in [-0.3, -0.25) is 19.5 Å². The lowest BCUT2D eigenvalue weighted by atomic mass is 10.0.